The minimum absolute atomic E-state index is 0.673. The van der Waals surface area contributed by atoms with E-state index in [1.165, 1.54) is 11.1 Å². The lowest BCUT2D eigenvalue weighted by Crippen LogP contribution is -2.04. The molecule has 0 aliphatic heterocycles. The maximum absolute atomic E-state index is 5.80. The van der Waals surface area contributed by atoms with Gasteiger partial charge in [-0.1, -0.05) is 20.8 Å². The molecule has 0 bridgehead atoms. The number of nitrogen functional groups attached to an aromatic ring is 1. The average molecular weight is 178 g/mol. The zero-order valence-electron chi connectivity index (χ0n) is 8.67. The lowest BCUT2D eigenvalue weighted by Gasteiger charge is -2.11. The highest BCUT2D eigenvalue weighted by molar-refractivity contribution is 5.44. The smallest absolute Gasteiger partial charge is 0.126 e. The first-order chi connectivity index (χ1) is 6.15. The third kappa shape index (κ3) is 2.44. The highest BCUT2D eigenvalue weighted by Gasteiger charge is 2.06. The fraction of sp³-hybridized carbons (Fsp3) is 0.545. The van der Waals surface area contributed by atoms with Crippen LogP contribution in [0.4, 0.5) is 5.82 Å². The lowest BCUT2D eigenvalue weighted by molar-refractivity contribution is 0.643. The Balaban J connectivity index is 2.98. The quantitative estimate of drug-likeness (QED) is 0.772. The molecule has 0 aliphatic rings. The molecule has 1 rings (SSSR count). The summed E-state index contributed by atoms with van der Waals surface area (Å²) in [6.45, 7) is 6.56. The van der Waals surface area contributed by atoms with Crippen molar-refractivity contribution < 1.29 is 0 Å². The van der Waals surface area contributed by atoms with Crippen molar-refractivity contribution >= 4 is 5.82 Å². The third-order valence-electron chi connectivity index (χ3n) is 2.17. The summed E-state index contributed by atoms with van der Waals surface area (Å²) in [7, 11) is 0. The number of aromatic nitrogens is 1. The van der Waals surface area contributed by atoms with E-state index in [1.807, 2.05) is 0 Å². The molecule has 0 atom stereocenters. The molecule has 13 heavy (non-hydrogen) atoms. The molecule has 1 heterocycles. The van der Waals surface area contributed by atoms with E-state index in [-0.39, 0.29) is 0 Å². The Labute approximate surface area is 80.2 Å². The van der Waals surface area contributed by atoms with Gasteiger partial charge in [-0.05, 0) is 36.0 Å². The van der Waals surface area contributed by atoms with Gasteiger partial charge in [0.15, 0.2) is 0 Å². The Morgan fingerprint density at radius 3 is 2.69 bits per heavy atom. The minimum atomic E-state index is 0.673. The number of hydrogen-bond acceptors (Lipinski definition) is 2. The first-order valence-corrected chi connectivity index (χ1v) is 4.87. The molecule has 0 aromatic carbocycles. The van der Waals surface area contributed by atoms with Gasteiger partial charge in [0.25, 0.3) is 0 Å². The van der Waals surface area contributed by atoms with Crippen LogP contribution in [-0.4, -0.2) is 4.98 Å². The summed E-state index contributed by atoms with van der Waals surface area (Å²) < 4.78 is 0. The van der Waals surface area contributed by atoms with Crippen molar-refractivity contribution in [3.8, 4) is 0 Å². The number of rotatable bonds is 3. The number of pyridine rings is 1. The highest BCUT2D eigenvalue weighted by Crippen LogP contribution is 2.18. The van der Waals surface area contributed by atoms with Crippen LogP contribution in [-0.2, 0) is 12.8 Å². The van der Waals surface area contributed by atoms with Gasteiger partial charge in [0.05, 0.1) is 0 Å². The Kier molecular flexibility index (Phi) is 3.29. The molecule has 0 spiro atoms. The van der Waals surface area contributed by atoms with Gasteiger partial charge in [-0.3, -0.25) is 0 Å². The Morgan fingerprint density at radius 1 is 1.46 bits per heavy atom. The van der Waals surface area contributed by atoms with Crippen LogP contribution < -0.4 is 5.73 Å². The fourth-order valence-corrected chi connectivity index (χ4v) is 1.59. The third-order valence-corrected chi connectivity index (χ3v) is 2.17. The SMILES string of the molecule is CCc1c(CC(C)C)ccnc1N. The second-order valence-electron chi connectivity index (χ2n) is 3.79. The summed E-state index contributed by atoms with van der Waals surface area (Å²) in [5.41, 5.74) is 8.37. The van der Waals surface area contributed by atoms with Crippen LogP contribution in [0.1, 0.15) is 31.9 Å². The van der Waals surface area contributed by atoms with Crippen molar-refractivity contribution in [2.45, 2.75) is 33.6 Å². The summed E-state index contributed by atoms with van der Waals surface area (Å²) in [6, 6.07) is 2.08. The Bertz CT molecular complexity index is 279. The minimum Gasteiger partial charge on any atom is -0.383 e. The molecule has 2 heteroatoms. The molecule has 0 unspecified atom stereocenters. The normalized spacial score (nSPS) is 10.8. The molecule has 0 saturated heterocycles. The predicted molar refractivity (Wildman–Crippen MR) is 56.6 cm³/mol. The molecule has 1 aromatic heterocycles. The van der Waals surface area contributed by atoms with E-state index < -0.39 is 0 Å². The topological polar surface area (TPSA) is 38.9 Å². The standard InChI is InChI=1S/C11H18N2/c1-4-10-9(7-8(2)3)5-6-13-11(10)12/h5-6,8H,4,7H2,1-3H3,(H2,12,13). The molecular formula is C11H18N2. The summed E-state index contributed by atoms with van der Waals surface area (Å²) in [5.74, 6) is 1.37. The van der Waals surface area contributed by atoms with Gasteiger partial charge in [0.1, 0.15) is 5.82 Å². The first-order valence-electron chi connectivity index (χ1n) is 4.87. The van der Waals surface area contributed by atoms with E-state index in [2.05, 4.69) is 31.8 Å². The van der Waals surface area contributed by atoms with Crippen LogP contribution >= 0.6 is 0 Å². The maximum atomic E-state index is 5.80. The van der Waals surface area contributed by atoms with Crippen LogP contribution in [0, 0.1) is 5.92 Å². The van der Waals surface area contributed by atoms with Crippen molar-refractivity contribution in [1.29, 1.82) is 0 Å². The molecule has 72 valence electrons. The highest BCUT2D eigenvalue weighted by atomic mass is 14.8. The molecule has 1 aromatic rings. The number of hydrogen-bond donors (Lipinski definition) is 1. The van der Waals surface area contributed by atoms with Crippen LogP contribution in [0.15, 0.2) is 12.3 Å². The molecule has 0 amide bonds. The predicted octanol–water partition coefficient (Wildman–Crippen LogP) is 2.42. The van der Waals surface area contributed by atoms with Crippen LogP contribution in [0.2, 0.25) is 0 Å². The maximum Gasteiger partial charge on any atom is 0.126 e. The molecule has 2 N–H and O–H groups in total. The second kappa shape index (κ2) is 4.26. The van der Waals surface area contributed by atoms with Gasteiger partial charge < -0.3 is 5.73 Å². The van der Waals surface area contributed by atoms with Gasteiger partial charge in [-0.25, -0.2) is 4.98 Å². The summed E-state index contributed by atoms with van der Waals surface area (Å²) in [6.07, 6.45) is 3.86. The van der Waals surface area contributed by atoms with E-state index in [9.17, 15) is 0 Å². The molecule has 0 aliphatic carbocycles. The lowest BCUT2D eigenvalue weighted by atomic mass is 9.98. The summed E-state index contributed by atoms with van der Waals surface area (Å²) >= 11 is 0. The Morgan fingerprint density at radius 2 is 2.15 bits per heavy atom. The van der Waals surface area contributed by atoms with Crippen molar-refractivity contribution in [2.24, 2.45) is 5.92 Å². The van der Waals surface area contributed by atoms with Gasteiger partial charge in [-0.2, -0.15) is 0 Å². The van der Waals surface area contributed by atoms with Crippen molar-refractivity contribution in [2.75, 3.05) is 5.73 Å². The monoisotopic (exact) mass is 178 g/mol. The zero-order chi connectivity index (χ0) is 9.84. The van der Waals surface area contributed by atoms with Gasteiger partial charge in [0, 0.05) is 6.20 Å². The van der Waals surface area contributed by atoms with Gasteiger partial charge in [0.2, 0.25) is 0 Å². The molecule has 2 nitrogen and oxygen atoms in total. The first kappa shape index (κ1) is 10.0. The largest absolute Gasteiger partial charge is 0.383 e. The fourth-order valence-electron chi connectivity index (χ4n) is 1.59. The van der Waals surface area contributed by atoms with Crippen LogP contribution in [0.3, 0.4) is 0 Å². The van der Waals surface area contributed by atoms with Crippen molar-refractivity contribution in [3.63, 3.8) is 0 Å². The van der Waals surface area contributed by atoms with E-state index in [0.29, 0.717) is 11.7 Å². The second-order valence-corrected chi connectivity index (χ2v) is 3.79. The molecule has 0 radical (unpaired) electrons. The molecule has 0 fully saturated rings. The van der Waals surface area contributed by atoms with Crippen molar-refractivity contribution in [1.82, 2.24) is 4.98 Å². The van der Waals surface area contributed by atoms with Crippen molar-refractivity contribution in [3.05, 3.63) is 23.4 Å². The number of anilines is 1. The van der Waals surface area contributed by atoms with E-state index in [0.717, 1.165) is 12.8 Å². The van der Waals surface area contributed by atoms with E-state index in [4.69, 9.17) is 5.73 Å². The Hall–Kier alpha value is -1.05. The summed E-state index contributed by atoms with van der Waals surface area (Å²) in [5, 5.41) is 0. The molecular weight excluding hydrogens is 160 g/mol. The van der Waals surface area contributed by atoms with E-state index >= 15 is 0 Å². The zero-order valence-corrected chi connectivity index (χ0v) is 8.67. The van der Waals surface area contributed by atoms with E-state index in [1.54, 1.807) is 6.20 Å². The number of nitrogens with two attached hydrogens (primary N) is 1. The van der Waals surface area contributed by atoms with Gasteiger partial charge in [-0.15, -0.1) is 0 Å². The van der Waals surface area contributed by atoms with Crippen LogP contribution in [0.25, 0.3) is 0 Å². The van der Waals surface area contributed by atoms with Gasteiger partial charge >= 0.3 is 0 Å². The average Bonchev–Trinajstić information content (AvgIpc) is 2.03. The number of nitrogens with zero attached hydrogens (tertiary/aromatic N) is 1. The van der Waals surface area contributed by atoms with Crippen LogP contribution in [0.5, 0.6) is 0 Å². The summed E-state index contributed by atoms with van der Waals surface area (Å²) in [4.78, 5) is 4.10. The molecule has 0 saturated carbocycles.